The molecule has 0 N–H and O–H groups in total. The van der Waals surface area contributed by atoms with Crippen molar-refractivity contribution in [2.24, 2.45) is 0 Å². The first-order valence-electron chi connectivity index (χ1n) is 7.60. The van der Waals surface area contributed by atoms with E-state index in [0.717, 1.165) is 23.6 Å². The van der Waals surface area contributed by atoms with E-state index in [9.17, 15) is 34.8 Å². The molecular weight excluding hydrogens is 444 g/mol. The molecule has 0 saturated heterocycles. The van der Waals surface area contributed by atoms with Crippen molar-refractivity contribution in [3.05, 3.63) is 59.5 Å². The summed E-state index contributed by atoms with van der Waals surface area (Å²) in [5.74, 6) is -0.244. The average molecular weight is 453 g/mol. The summed E-state index contributed by atoms with van der Waals surface area (Å²) in [4.78, 5) is 4.08. The molecule has 0 aliphatic heterocycles. The minimum Gasteiger partial charge on any atom is -0.438 e. The molecule has 3 rings (SSSR count). The normalized spacial score (nSPS) is 12.8. The number of sulfone groups is 1. The number of hydrogen-bond donors (Lipinski definition) is 0. The smallest absolute Gasteiger partial charge is 0.438 e. The largest absolute Gasteiger partial charge is 0.502 e. The number of aromatic nitrogens is 1. The van der Waals surface area contributed by atoms with Crippen LogP contribution in [0, 0.1) is 0 Å². The molecule has 0 aliphatic rings. The summed E-state index contributed by atoms with van der Waals surface area (Å²) in [5, 5.41) is 1.07. The van der Waals surface area contributed by atoms with E-state index in [4.69, 9.17) is 4.74 Å². The molecule has 2 heterocycles. The van der Waals surface area contributed by atoms with Gasteiger partial charge in [-0.3, -0.25) is 0 Å². The summed E-state index contributed by atoms with van der Waals surface area (Å²) in [6, 6.07) is 9.28. The van der Waals surface area contributed by atoms with E-state index in [2.05, 4.69) is 4.98 Å². The maximum atomic E-state index is 12.6. The van der Waals surface area contributed by atoms with Crippen molar-refractivity contribution >= 4 is 21.2 Å². The van der Waals surface area contributed by atoms with Crippen LogP contribution in [0.5, 0.6) is 11.6 Å². The Bertz CT molecular complexity index is 1120. The molecule has 29 heavy (non-hydrogen) atoms. The third-order valence-electron chi connectivity index (χ3n) is 3.57. The molecule has 0 unspecified atom stereocenters. The van der Waals surface area contributed by atoms with Gasteiger partial charge in [-0.05, 0) is 18.2 Å². The quantitative estimate of drug-likeness (QED) is 0.461. The first-order chi connectivity index (χ1) is 13.4. The van der Waals surface area contributed by atoms with Gasteiger partial charge in [0, 0.05) is 23.1 Å². The van der Waals surface area contributed by atoms with Crippen LogP contribution in [-0.4, -0.2) is 18.9 Å². The Balaban J connectivity index is 1.83. The average Bonchev–Trinajstić information content (AvgIpc) is 3.09. The van der Waals surface area contributed by atoms with E-state index < -0.39 is 31.3 Å². The zero-order chi connectivity index (χ0) is 21.4. The number of halogens is 6. The van der Waals surface area contributed by atoms with Crippen molar-refractivity contribution in [3.8, 4) is 22.9 Å². The maximum absolute atomic E-state index is 12.6. The third-order valence-corrected chi connectivity index (χ3v) is 6.48. The van der Waals surface area contributed by atoms with Crippen molar-refractivity contribution in [2.45, 2.75) is 15.9 Å². The fourth-order valence-electron chi connectivity index (χ4n) is 2.19. The molecule has 3 aromatic rings. The van der Waals surface area contributed by atoms with Crippen molar-refractivity contribution < 1.29 is 39.5 Å². The van der Waals surface area contributed by atoms with Crippen LogP contribution in [0.25, 0.3) is 11.3 Å². The van der Waals surface area contributed by atoms with E-state index in [1.807, 2.05) is 0 Å². The standard InChI is InChI=1S/C17H9F6NO3S2/c18-16(19,20)11-6-4-10(5-7-11)13-2-1-3-14(24-13)27-12-8-15(28-9-12)29(25,26)17(21,22)23/h1-9H. The Morgan fingerprint density at radius 1 is 0.931 bits per heavy atom. The summed E-state index contributed by atoms with van der Waals surface area (Å²) in [6.07, 6.45) is -4.48. The van der Waals surface area contributed by atoms with Crippen molar-refractivity contribution in [2.75, 3.05) is 0 Å². The first kappa shape index (κ1) is 21.1. The van der Waals surface area contributed by atoms with Gasteiger partial charge in [-0.25, -0.2) is 13.4 Å². The van der Waals surface area contributed by atoms with Gasteiger partial charge in [0.1, 0.15) is 9.96 Å². The van der Waals surface area contributed by atoms with Gasteiger partial charge in [0.15, 0.2) is 0 Å². The molecule has 0 atom stereocenters. The molecule has 12 heteroatoms. The lowest BCUT2D eigenvalue weighted by Gasteiger charge is -2.08. The number of pyridine rings is 1. The molecule has 0 fully saturated rings. The molecule has 0 amide bonds. The van der Waals surface area contributed by atoms with E-state index in [0.29, 0.717) is 16.9 Å². The van der Waals surface area contributed by atoms with Crippen molar-refractivity contribution in [1.29, 1.82) is 0 Å². The number of ether oxygens (including phenoxy) is 1. The Kier molecular flexibility index (Phi) is 5.34. The van der Waals surface area contributed by atoms with Gasteiger partial charge in [-0.2, -0.15) is 26.3 Å². The second-order valence-electron chi connectivity index (χ2n) is 5.59. The second kappa shape index (κ2) is 7.34. The summed E-state index contributed by atoms with van der Waals surface area (Å²) < 4.78 is 103. The van der Waals surface area contributed by atoms with Crippen LogP contribution in [0.15, 0.2) is 58.1 Å². The number of nitrogens with zero attached hydrogens (tertiary/aromatic N) is 1. The van der Waals surface area contributed by atoms with Crippen LogP contribution in [-0.2, 0) is 16.0 Å². The Labute approximate surface area is 164 Å². The summed E-state index contributed by atoms with van der Waals surface area (Å²) in [6.45, 7) is 0. The van der Waals surface area contributed by atoms with Crippen LogP contribution in [0.4, 0.5) is 26.3 Å². The fraction of sp³-hybridized carbons (Fsp3) is 0.118. The molecule has 0 radical (unpaired) electrons. The van der Waals surface area contributed by atoms with E-state index in [1.165, 1.54) is 30.3 Å². The molecule has 4 nitrogen and oxygen atoms in total. The Hall–Kier alpha value is -2.60. The Morgan fingerprint density at radius 2 is 1.59 bits per heavy atom. The molecule has 0 saturated carbocycles. The second-order valence-corrected chi connectivity index (χ2v) is 8.67. The molecule has 0 spiro atoms. The predicted molar refractivity (Wildman–Crippen MR) is 92.3 cm³/mol. The summed E-state index contributed by atoms with van der Waals surface area (Å²) in [7, 11) is -5.49. The highest BCUT2D eigenvalue weighted by atomic mass is 32.2. The van der Waals surface area contributed by atoms with E-state index in [1.54, 1.807) is 0 Å². The molecule has 0 bridgehead atoms. The van der Waals surface area contributed by atoms with Crippen LogP contribution in [0.2, 0.25) is 0 Å². The van der Waals surface area contributed by atoms with Crippen LogP contribution >= 0.6 is 11.3 Å². The third kappa shape index (κ3) is 4.53. The number of benzene rings is 1. The van der Waals surface area contributed by atoms with Crippen LogP contribution in [0.3, 0.4) is 0 Å². The summed E-state index contributed by atoms with van der Waals surface area (Å²) in [5.41, 5.74) is -5.65. The van der Waals surface area contributed by atoms with Gasteiger partial charge < -0.3 is 4.74 Å². The van der Waals surface area contributed by atoms with Gasteiger partial charge in [-0.1, -0.05) is 18.2 Å². The number of hydrogen-bond acceptors (Lipinski definition) is 5. The predicted octanol–water partition coefficient (Wildman–Crippen LogP) is 5.91. The molecule has 2 aromatic heterocycles. The summed E-state index contributed by atoms with van der Waals surface area (Å²) >= 11 is 0.340. The number of thiophene rings is 1. The Morgan fingerprint density at radius 3 is 2.17 bits per heavy atom. The monoisotopic (exact) mass is 453 g/mol. The van der Waals surface area contributed by atoms with Gasteiger partial charge in [0.25, 0.3) is 9.84 Å². The van der Waals surface area contributed by atoms with E-state index in [-0.39, 0.29) is 17.3 Å². The highest BCUT2D eigenvalue weighted by Crippen LogP contribution is 2.37. The van der Waals surface area contributed by atoms with Gasteiger partial charge in [-0.15, -0.1) is 11.3 Å². The lowest BCUT2D eigenvalue weighted by atomic mass is 10.1. The minimum atomic E-state index is -5.49. The van der Waals surface area contributed by atoms with Crippen LogP contribution in [0.1, 0.15) is 5.56 Å². The van der Waals surface area contributed by atoms with E-state index >= 15 is 0 Å². The fourth-order valence-corrected chi connectivity index (χ4v) is 4.16. The molecule has 154 valence electrons. The van der Waals surface area contributed by atoms with Gasteiger partial charge in [0.05, 0.1) is 11.3 Å². The molecule has 1 aromatic carbocycles. The van der Waals surface area contributed by atoms with Crippen LogP contribution < -0.4 is 4.74 Å². The highest BCUT2D eigenvalue weighted by molar-refractivity contribution is 7.94. The topological polar surface area (TPSA) is 56.3 Å². The number of alkyl halides is 6. The van der Waals surface area contributed by atoms with Gasteiger partial charge in [0.2, 0.25) is 5.88 Å². The molecule has 0 aliphatic carbocycles. The van der Waals surface area contributed by atoms with Crippen molar-refractivity contribution in [3.63, 3.8) is 0 Å². The lowest BCUT2D eigenvalue weighted by Crippen LogP contribution is -2.22. The highest BCUT2D eigenvalue weighted by Gasteiger charge is 2.47. The first-order valence-corrected chi connectivity index (χ1v) is 9.96. The lowest BCUT2D eigenvalue weighted by molar-refractivity contribution is -0.137. The van der Waals surface area contributed by atoms with Gasteiger partial charge >= 0.3 is 11.7 Å². The zero-order valence-electron chi connectivity index (χ0n) is 14.0. The zero-order valence-corrected chi connectivity index (χ0v) is 15.6. The number of rotatable bonds is 4. The SMILES string of the molecule is O=S(=O)(c1cc(Oc2cccc(-c3ccc(C(F)(F)F)cc3)n2)cs1)C(F)(F)F. The minimum absolute atomic E-state index is 0.0730. The van der Waals surface area contributed by atoms with Crippen molar-refractivity contribution in [1.82, 2.24) is 4.98 Å². The maximum Gasteiger partial charge on any atom is 0.502 e. The molecular formula is C17H9F6NO3S2.